The zero-order valence-corrected chi connectivity index (χ0v) is 12.7. The Morgan fingerprint density at radius 1 is 1.27 bits per heavy atom. The molecule has 1 aromatic rings. The van der Waals surface area contributed by atoms with Gasteiger partial charge in [0.25, 0.3) is 5.97 Å². The zero-order valence-electron chi connectivity index (χ0n) is 12.7. The Hall–Kier alpha value is -2.75. The topological polar surface area (TPSA) is 99.9 Å². The standard InChI is InChI=1S/C13H16N2O3.C2H4O2/c1-17-13(16)18-11-10-15(9-5-8-14)12-6-3-2-4-7-12;1-2(3)4/h2-4,6-7H,5,9-11H2,1H3;1H3,(H,3,4). The number of carbonyl (C=O) groups excluding carboxylic acids is 1. The highest BCUT2D eigenvalue weighted by Gasteiger charge is 2.07. The minimum Gasteiger partial charge on any atom is -0.481 e. The first-order valence-electron chi connectivity index (χ1n) is 6.58. The van der Waals surface area contributed by atoms with Crippen molar-refractivity contribution in [1.29, 1.82) is 5.26 Å². The summed E-state index contributed by atoms with van der Waals surface area (Å²) in [5, 5.41) is 16.0. The summed E-state index contributed by atoms with van der Waals surface area (Å²) in [4.78, 5) is 21.8. The van der Waals surface area contributed by atoms with E-state index in [1.165, 1.54) is 7.11 Å². The van der Waals surface area contributed by atoms with E-state index in [9.17, 15) is 4.79 Å². The Morgan fingerprint density at radius 2 is 1.86 bits per heavy atom. The van der Waals surface area contributed by atoms with Crippen LogP contribution in [-0.4, -0.2) is 44.0 Å². The minimum atomic E-state index is -0.833. The van der Waals surface area contributed by atoms with Crippen molar-refractivity contribution in [1.82, 2.24) is 0 Å². The molecule has 0 aliphatic heterocycles. The number of carboxylic acid groups (broad SMARTS) is 1. The predicted octanol–water partition coefficient (Wildman–Crippen LogP) is 2.28. The highest BCUT2D eigenvalue weighted by Crippen LogP contribution is 2.13. The molecule has 7 heteroatoms. The summed E-state index contributed by atoms with van der Waals surface area (Å²) in [7, 11) is 1.27. The predicted molar refractivity (Wildman–Crippen MR) is 80.6 cm³/mol. The number of carbonyl (C=O) groups is 2. The highest BCUT2D eigenvalue weighted by molar-refractivity contribution is 5.63. The summed E-state index contributed by atoms with van der Waals surface area (Å²) in [6.07, 6.45) is -0.268. The van der Waals surface area contributed by atoms with Gasteiger partial charge in [-0.3, -0.25) is 4.79 Å². The minimum absolute atomic E-state index is 0.229. The lowest BCUT2D eigenvalue weighted by Gasteiger charge is -2.23. The van der Waals surface area contributed by atoms with Gasteiger partial charge in [-0.05, 0) is 12.1 Å². The molecule has 0 saturated carbocycles. The quantitative estimate of drug-likeness (QED) is 0.804. The van der Waals surface area contributed by atoms with Gasteiger partial charge in [-0.25, -0.2) is 4.79 Å². The van der Waals surface area contributed by atoms with Crippen LogP contribution in [0.3, 0.4) is 0 Å². The Morgan fingerprint density at radius 3 is 2.36 bits per heavy atom. The second-order valence-electron chi connectivity index (χ2n) is 4.05. The number of nitriles is 1. The van der Waals surface area contributed by atoms with Crippen LogP contribution in [0.2, 0.25) is 0 Å². The lowest BCUT2D eigenvalue weighted by atomic mass is 10.2. The number of rotatable bonds is 6. The smallest absolute Gasteiger partial charge is 0.481 e. The fourth-order valence-corrected chi connectivity index (χ4v) is 1.49. The Balaban J connectivity index is 0.000000980. The van der Waals surface area contributed by atoms with Crippen molar-refractivity contribution in [2.75, 3.05) is 31.7 Å². The molecule has 0 saturated heterocycles. The van der Waals surface area contributed by atoms with Crippen LogP contribution in [0.4, 0.5) is 10.5 Å². The molecule has 0 heterocycles. The molecule has 0 amide bonds. The number of ether oxygens (including phenoxy) is 2. The zero-order chi connectivity index (χ0) is 16.8. The fourth-order valence-electron chi connectivity index (χ4n) is 1.49. The molecular weight excluding hydrogens is 288 g/mol. The van der Waals surface area contributed by atoms with Gasteiger partial charge in [0.15, 0.2) is 0 Å². The molecule has 0 unspecified atom stereocenters. The third-order valence-electron chi connectivity index (χ3n) is 2.36. The number of nitrogens with zero attached hydrogens (tertiary/aromatic N) is 2. The number of benzene rings is 1. The average molecular weight is 308 g/mol. The van der Waals surface area contributed by atoms with Crippen molar-refractivity contribution in [3.05, 3.63) is 30.3 Å². The molecule has 0 aliphatic carbocycles. The van der Waals surface area contributed by atoms with Crippen LogP contribution in [0.25, 0.3) is 0 Å². The molecule has 0 radical (unpaired) electrons. The third-order valence-corrected chi connectivity index (χ3v) is 2.36. The van der Waals surface area contributed by atoms with Gasteiger partial charge in [-0.15, -0.1) is 0 Å². The monoisotopic (exact) mass is 308 g/mol. The molecule has 0 aliphatic rings. The molecular formula is C15H20N2O5. The fraction of sp³-hybridized carbons (Fsp3) is 0.400. The summed E-state index contributed by atoms with van der Waals surface area (Å²) in [6, 6.07) is 11.8. The van der Waals surface area contributed by atoms with Crippen LogP contribution in [0.5, 0.6) is 0 Å². The summed E-state index contributed by atoms with van der Waals surface area (Å²) in [5.41, 5.74) is 1.00. The van der Waals surface area contributed by atoms with Crippen molar-refractivity contribution in [2.45, 2.75) is 13.3 Å². The number of hydrogen-bond donors (Lipinski definition) is 1. The molecule has 0 fully saturated rings. The number of hydrogen-bond acceptors (Lipinski definition) is 6. The number of methoxy groups -OCH3 is 1. The van der Waals surface area contributed by atoms with Crippen molar-refractivity contribution < 1.29 is 24.2 Å². The van der Waals surface area contributed by atoms with E-state index in [4.69, 9.17) is 19.9 Å². The van der Waals surface area contributed by atoms with Crippen LogP contribution >= 0.6 is 0 Å². The molecule has 7 nitrogen and oxygen atoms in total. The summed E-state index contributed by atoms with van der Waals surface area (Å²) in [6.45, 7) is 2.44. The van der Waals surface area contributed by atoms with Crippen molar-refractivity contribution in [3.8, 4) is 6.07 Å². The van der Waals surface area contributed by atoms with E-state index in [0.29, 0.717) is 19.5 Å². The second-order valence-corrected chi connectivity index (χ2v) is 4.05. The maximum atomic E-state index is 10.8. The molecule has 0 aromatic heterocycles. The Labute approximate surface area is 129 Å². The van der Waals surface area contributed by atoms with E-state index in [-0.39, 0.29) is 6.61 Å². The van der Waals surface area contributed by atoms with Gasteiger partial charge in [0.2, 0.25) is 0 Å². The Bertz CT molecular complexity index is 480. The number of carboxylic acids is 1. The summed E-state index contributed by atoms with van der Waals surface area (Å²) >= 11 is 0. The molecule has 1 aromatic carbocycles. The molecule has 0 spiro atoms. The van der Waals surface area contributed by atoms with E-state index >= 15 is 0 Å². The maximum absolute atomic E-state index is 10.8. The normalized spacial score (nSPS) is 8.77. The van der Waals surface area contributed by atoms with Crippen LogP contribution in [0, 0.1) is 11.3 Å². The van der Waals surface area contributed by atoms with Crippen molar-refractivity contribution >= 4 is 17.8 Å². The van der Waals surface area contributed by atoms with Crippen LogP contribution < -0.4 is 4.90 Å². The Kier molecular flexibility index (Phi) is 10.5. The maximum Gasteiger partial charge on any atom is 0.508 e. The number of anilines is 1. The van der Waals surface area contributed by atoms with Crippen LogP contribution in [0.15, 0.2) is 30.3 Å². The molecule has 1 rings (SSSR count). The van der Waals surface area contributed by atoms with Crippen molar-refractivity contribution in [2.24, 2.45) is 0 Å². The largest absolute Gasteiger partial charge is 0.508 e. The number of para-hydroxylation sites is 1. The van der Waals surface area contributed by atoms with E-state index < -0.39 is 12.1 Å². The van der Waals surface area contributed by atoms with Gasteiger partial charge in [0.1, 0.15) is 6.61 Å². The van der Waals surface area contributed by atoms with Gasteiger partial charge in [-0.1, -0.05) is 18.2 Å². The van der Waals surface area contributed by atoms with E-state index in [1.54, 1.807) is 0 Å². The first-order chi connectivity index (χ1) is 10.5. The lowest BCUT2D eigenvalue weighted by molar-refractivity contribution is -0.134. The van der Waals surface area contributed by atoms with Gasteiger partial charge in [0, 0.05) is 19.2 Å². The van der Waals surface area contributed by atoms with Crippen LogP contribution in [0.1, 0.15) is 13.3 Å². The molecule has 22 heavy (non-hydrogen) atoms. The summed E-state index contributed by atoms with van der Waals surface area (Å²) < 4.78 is 9.22. The van der Waals surface area contributed by atoms with Crippen LogP contribution in [-0.2, 0) is 14.3 Å². The van der Waals surface area contributed by atoms with Gasteiger partial charge >= 0.3 is 6.16 Å². The first kappa shape index (κ1) is 19.2. The second kappa shape index (κ2) is 12.0. The molecule has 0 bridgehead atoms. The SMILES string of the molecule is CC(=O)O.COC(=O)OCCN(CCC#N)c1ccccc1. The van der Waals surface area contributed by atoms with Gasteiger partial charge in [-0.2, -0.15) is 5.26 Å². The van der Waals surface area contributed by atoms with E-state index in [1.807, 2.05) is 35.2 Å². The number of aliphatic carboxylic acids is 1. The first-order valence-corrected chi connectivity index (χ1v) is 6.58. The third kappa shape index (κ3) is 10.1. The highest BCUT2D eigenvalue weighted by atomic mass is 16.7. The molecule has 120 valence electrons. The van der Waals surface area contributed by atoms with Gasteiger partial charge in [0.05, 0.1) is 26.1 Å². The van der Waals surface area contributed by atoms with E-state index in [0.717, 1.165) is 12.6 Å². The lowest BCUT2D eigenvalue weighted by Crippen LogP contribution is -2.29. The molecule has 0 atom stereocenters. The van der Waals surface area contributed by atoms with E-state index in [2.05, 4.69) is 10.8 Å². The molecule has 1 N–H and O–H groups in total. The summed E-state index contributed by atoms with van der Waals surface area (Å²) in [5.74, 6) is -0.833. The van der Waals surface area contributed by atoms with Crippen molar-refractivity contribution in [3.63, 3.8) is 0 Å². The van der Waals surface area contributed by atoms with Gasteiger partial charge < -0.3 is 19.5 Å². The average Bonchev–Trinajstić information content (AvgIpc) is 2.50.